The van der Waals surface area contributed by atoms with E-state index in [0.29, 0.717) is 82.4 Å². The fourth-order valence-electron chi connectivity index (χ4n) is 7.59. The van der Waals surface area contributed by atoms with Crippen LogP contribution in [0.2, 0.25) is 0 Å². The van der Waals surface area contributed by atoms with Crippen LogP contribution in [0.15, 0.2) is 24.3 Å². The molecule has 1 aromatic heterocycles. The Bertz CT molecular complexity index is 1620. The van der Waals surface area contributed by atoms with E-state index in [0.717, 1.165) is 37.3 Å². The van der Waals surface area contributed by atoms with Crippen molar-refractivity contribution in [3.63, 3.8) is 0 Å². The highest BCUT2D eigenvalue weighted by atomic mass is 16.4. The number of likely N-dealkylation sites (N-methyl/N-ethyl adjacent to an activating group) is 1. The Kier molecular flexibility index (Phi) is 19.6. The topological polar surface area (TPSA) is 207 Å². The number of anilines is 2. The molecule has 0 radical (unpaired) electrons. The molecule has 2 saturated heterocycles. The number of carbonyl (C=O) groups excluding carboxylic acids is 2. The van der Waals surface area contributed by atoms with Crippen molar-refractivity contribution in [1.82, 2.24) is 39.5 Å². The maximum atomic E-state index is 12.1. The summed E-state index contributed by atoms with van der Waals surface area (Å²) < 4.78 is 0. The maximum Gasteiger partial charge on any atom is 0.373 e. The zero-order valence-corrected chi connectivity index (χ0v) is 35.3. The number of piperazine rings is 1. The molecule has 2 aliphatic heterocycles. The molecule has 3 heterocycles. The van der Waals surface area contributed by atoms with E-state index in [1.54, 1.807) is 4.90 Å². The number of nitrogens with zero attached hydrogens (tertiary/aromatic N) is 10. The summed E-state index contributed by atoms with van der Waals surface area (Å²) in [5.41, 5.74) is 2.10. The van der Waals surface area contributed by atoms with E-state index in [1.807, 2.05) is 16.8 Å². The van der Waals surface area contributed by atoms with Gasteiger partial charge in [0, 0.05) is 103 Å². The summed E-state index contributed by atoms with van der Waals surface area (Å²) in [6.45, 7) is 19.3. The van der Waals surface area contributed by atoms with Gasteiger partial charge < -0.3 is 30.0 Å². The summed E-state index contributed by atoms with van der Waals surface area (Å²) in [5, 5.41) is 29.0. The number of hydrogen-bond donors (Lipinski definition) is 3. The first kappa shape index (κ1) is 47.8. The van der Waals surface area contributed by atoms with E-state index in [9.17, 15) is 29.7 Å². The number of aliphatic carboxylic acids is 3. The molecule has 2 aliphatic rings. The molecule has 4 rings (SSSR count). The van der Waals surface area contributed by atoms with Gasteiger partial charge in [-0.05, 0) is 66.1 Å². The Labute approximate surface area is 342 Å². The van der Waals surface area contributed by atoms with Gasteiger partial charge in [0.1, 0.15) is 5.82 Å². The van der Waals surface area contributed by atoms with E-state index >= 15 is 0 Å². The maximum absolute atomic E-state index is 12.1. The lowest BCUT2D eigenvalue weighted by Crippen LogP contribution is -2.52. The lowest BCUT2D eigenvalue weighted by atomic mass is 10.0. The van der Waals surface area contributed by atoms with Crippen molar-refractivity contribution < 1.29 is 39.3 Å². The average Bonchev–Trinajstić information content (AvgIpc) is 3.13. The van der Waals surface area contributed by atoms with Gasteiger partial charge in [0.15, 0.2) is 0 Å². The number of hydrogen-bond acceptors (Lipinski definition) is 15. The third-order valence-corrected chi connectivity index (χ3v) is 10.5. The van der Waals surface area contributed by atoms with Crippen LogP contribution in [-0.4, -0.2) is 202 Å². The van der Waals surface area contributed by atoms with Gasteiger partial charge in [0.05, 0.1) is 19.6 Å². The van der Waals surface area contributed by atoms with Gasteiger partial charge in [-0.15, -0.1) is 0 Å². The first-order valence-corrected chi connectivity index (χ1v) is 20.1. The predicted octanol–water partition coefficient (Wildman–Crippen LogP) is 1.05. The molecule has 1 unspecified atom stereocenters. The second-order valence-electron chi connectivity index (χ2n) is 16.0. The average molecular weight is 813 g/mol. The van der Waals surface area contributed by atoms with Crippen molar-refractivity contribution in [2.24, 2.45) is 0 Å². The minimum atomic E-state index is -0.982. The standard InChI is InChI=1S/C39H64N10O6.CO2/c1-28(2)46-18-20-47(21-19-46)38-40-34(41-39(42-38)49(29(3)4)30(5)6)23-32-10-8-31(9-11-32)22-33-24-43(7)12-13-44(25-35(50)51)14-15-45(26-36(52)53)16-17-48(33)27-37(54)55;2-1-3/h8-11,28-30,33H,12-27H2,1-7H3,(H,50,51)(H,52,53)(H,54,55);. The number of rotatable bonds is 15. The van der Waals surface area contributed by atoms with E-state index in [2.05, 4.69) is 85.4 Å². The molecule has 322 valence electrons. The fraction of sp³-hybridized carbons (Fsp3) is 0.675. The Morgan fingerprint density at radius 2 is 1.21 bits per heavy atom. The molecule has 0 aliphatic carbocycles. The third kappa shape index (κ3) is 16.0. The summed E-state index contributed by atoms with van der Waals surface area (Å²) >= 11 is 0. The number of carbonyl (C=O) groups is 3. The molecule has 1 aromatic carbocycles. The van der Waals surface area contributed by atoms with Crippen LogP contribution < -0.4 is 9.80 Å². The smallest absolute Gasteiger partial charge is 0.373 e. The predicted molar refractivity (Wildman–Crippen MR) is 218 cm³/mol. The molecule has 1 atom stereocenters. The monoisotopic (exact) mass is 812 g/mol. The first-order valence-electron chi connectivity index (χ1n) is 20.1. The number of carboxylic acid groups (broad SMARTS) is 3. The van der Waals surface area contributed by atoms with Crippen LogP contribution in [0.25, 0.3) is 0 Å². The molecule has 2 aromatic rings. The first-order chi connectivity index (χ1) is 27.5. The molecule has 18 heteroatoms. The van der Waals surface area contributed by atoms with Crippen molar-refractivity contribution in [2.75, 3.05) is 108 Å². The molecule has 2 fully saturated rings. The molecule has 0 bridgehead atoms. The number of benzene rings is 1. The van der Waals surface area contributed by atoms with Crippen molar-refractivity contribution in [1.29, 1.82) is 0 Å². The van der Waals surface area contributed by atoms with E-state index in [4.69, 9.17) is 24.5 Å². The minimum Gasteiger partial charge on any atom is -0.480 e. The summed E-state index contributed by atoms with van der Waals surface area (Å²) in [5.74, 6) is -0.751. The van der Waals surface area contributed by atoms with Crippen molar-refractivity contribution in [2.45, 2.75) is 78.6 Å². The zero-order chi connectivity index (χ0) is 42.9. The largest absolute Gasteiger partial charge is 0.480 e. The quantitative estimate of drug-likeness (QED) is 0.230. The molecule has 0 saturated carbocycles. The Morgan fingerprint density at radius 1 is 0.707 bits per heavy atom. The number of carboxylic acids is 3. The Balaban J connectivity index is 0.00000291. The molecule has 0 spiro atoms. The van der Waals surface area contributed by atoms with Crippen LogP contribution in [0, 0.1) is 0 Å². The van der Waals surface area contributed by atoms with Crippen LogP contribution >= 0.6 is 0 Å². The molecule has 58 heavy (non-hydrogen) atoms. The van der Waals surface area contributed by atoms with Gasteiger partial charge in [-0.3, -0.25) is 34.0 Å². The minimum absolute atomic E-state index is 0.133. The highest BCUT2D eigenvalue weighted by Crippen LogP contribution is 2.22. The van der Waals surface area contributed by atoms with Crippen molar-refractivity contribution in [3.8, 4) is 0 Å². The van der Waals surface area contributed by atoms with Crippen LogP contribution in [0.3, 0.4) is 0 Å². The molecule has 3 N–H and O–H groups in total. The van der Waals surface area contributed by atoms with E-state index < -0.39 is 17.9 Å². The lowest BCUT2D eigenvalue weighted by Gasteiger charge is -2.37. The summed E-state index contributed by atoms with van der Waals surface area (Å²) in [4.78, 5) is 81.2. The molecule has 18 nitrogen and oxygen atoms in total. The van der Waals surface area contributed by atoms with E-state index in [1.165, 1.54) is 0 Å². The Morgan fingerprint density at radius 3 is 1.71 bits per heavy atom. The Hall–Kier alpha value is -4.58. The second kappa shape index (κ2) is 23.7. The fourth-order valence-corrected chi connectivity index (χ4v) is 7.59. The van der Waals surface area contributed by atoms with Gasteiger partial charge in [0.2, 0.25) is 11.9 Å². The lowest BCUT2D eigenvalue weighted by molar-refractivity contribution is -0.191. The second-order valence-corrected chi connectivity index (χ2v) is 16.0. The van der Waals surface area contributed by atoms with E-state index in [-0.39, 0.29) is 43.9 Å². The van der Waals surface area contributed by atoms with Gasteiger partial charge >= 0.3 is 24.1 Å². The summed E-state index contributed by atoms with van der Waals surface area (Å²) in [6, 6.07) is 9.06. The van der Waals surface area contributed by atoms with Crippen molar-refractivity contribution in [3.05, 3.63) is 41.2 Å². The van der Waals surface area contributed by atoms with Crippen LogP contribution in [-0.2, 0) is 36.8 Å². The van der Waals surface area contributed by atoms with Gasteiger partial charge in [-0.2, -0.15) is 24.5 Å². The van der Waals surface area contributed by atoms with Gasteiger partial charge in [0.25, 0.3) is 0 Å². The van der Waals surface area contributed by atoms with Crippen molar-refractivity contribution >= 4 is 36.0 Å². The summed E-state index contributed by atoms with van der Waals surface area (Å²) in [6.07, 6.45) is 1.36. The SMILES string of the molecule is CC(C)N1CCN(c2nc(Cc3ccc(CC4CN(C)CCN(CC(=O)O)CCN(CC(=O)O)CCN4CC(=O)O)cc3)nc(N(C(C)C)C(C)C)n2)CC1.O=C=O. The third-order valence-electron chi connectivity index (χ3n) is 10.5. The molecule has 0 amide bonds. The highest BCUT2D eigenvalue weighted by molar-refractivity contribution is 5.70. The van der Waals surface area contributed by atoms with Crippen LogP contribution in [0.5, 0.6) is 0 Å². The van der Waals surface area contributed by atoms with Crippen LogP contribution in [0.4, 0.5) is 11.9 Å². The summed E-state index contributed by atoms with van der Waals surface area (Å²) in [7, 11) is 1.97. The molecular formula is C40H64N10O8. The normalized spacial score (nSPS) is 18.6. The highest BCUT2D eigenvalue weighted by Gasteiger charge is 2.27. The van der Waals surface area contributed by atoms with Crippen LogP contribution in [0.1, 0.15) is 58.5 Å². The van der Waals surface area contributed by atoms with Gasteiger partial charge in [-0.1, -0.05) is 24.3 Å². The molecular weight excluding hydrogens is 749 g/mol. The number of aromatic nitrogens is 3. The zero-order valence-electron chi connectivity index (χ0n) is 35.3. The van der Waals surface area contributed by atoms with Gasteiger partial charge in [-0.25, -0.2) is 0 Å².